The zero-order valence-corrected chi connectivity index (χ0v) is 22.6. The summed E-state index contributed by atoms with van der Waals surface area (Å²) < 4.78 is 27.2. The Hall–Kier alpha value is -2.78. The maximum Gasteiger partial charge on any atom is 0.251 e. The molecule has 0 saturated carbocycles. The molecular formula is C28H28ClN3O3S2. The Bertz CT molecular complexity index is 1490. The average Bonchev–Trinajstić information content (AvgIpc) is 3.30. The predicted octanol–water partition coefficient (Wildman–Crippen LogP) is 6.19. The van der Waals surface area contributed by atoms with Crippen LogP contribution in [-0.2, 0) is 10.0 Å². The molecule has 2 heterocycles. The lowest BCUT2D eigenvalue weighted by molar-refractivity contribution is 0.0956. The van der Waals surface area contributed by atoms with E-state index in [1.807, 2.05) is 36.4 Å². The molecule has 0 unspecified atom stereocenters. The third-order valence-corrected chi connectivity index (χ3v) is 9.78. The molecule has 2 N–H and O–H groups in total. The summed E-state index contributed by atoms with van der Waals surface area (Å²) in [5.74, 6) is 0.453. The lowest BCUT2D eigenvalue weighted by Crippen LogP contribution is -2.35. The fourth-order valence-electron chi connectivity index (χ4n) is 4.54. The monoisotopic (exact) mass is 553 g/mol. The first-order chi connectivity index (χ1) is 17.9. The Morgan fingerprint density at radius 3 is 2.38 bits per heavy atom. The van der Waals surface area contributed by atoms with Gasteiger partial charge >= 0.3 is 0 Å². The normalized spacial score (nSPS) is 14.6. The average molecular weight is 554 g/mol. The van der Waals surface area contributed by atoms with Gasteiger partial charge in [0.15, 0.2) is 0 Å². The zero-order valence-electron chi connectivity index (χ0n) is 20.2. The van der Waals surface area contributed by atoms with E-state index in [0.29, 0.717) is 36.0 Å². The lowest BCUT2D eigenvalue weighted by atomic mass is 10.1. The van der Waals surface area contributed by atoms with Gasteiger partial charge in [0.05, 0.1) is 10.6 Å². The van der Waals surface area contributed by atoms with Crippen molar-refractivity contribution < 1.29 is 13.2 Å². The molecular weight excluding hydrogens is 526 g/mol. The van der Waals surface area contributed by atoms with Crippen molar-refractivity contribution >= 4 is 50.2 Å². The third-order valence-electron chi connectivity index (χ3n) is 6.49. The van der Waals surface area contributed by atoms with Gasteiger partial charge < -0.3 is 10.3 Å². The van der Waals surface area contributed by atoms with Crippen molar-refractivity contribution in [3.8, 4) is 11.3 Å². The number of nitrogens with one attached hydrogen (secondary N) is 2. The van der Waals surface area contributed by atoms with Gasteiger partial charge in [-0.05, 0) is 60.9 Å². The highest BCUT2D eigenvalue weighted by atomic mass is 35.5. The molecule has 1 aromatic heterocycles. The molecule has 0 radical (unpaired) electrons. The number of thioether (sulfide) groups is 1. The quantitative estimate of drug-likeness (QED) is 0.201. The number of rotatable bonds is 8. The van der Waals surface area contributed by atoms with Crippen LogP contribution in [0, 0.1) is 0 Å². The molecule has 0 spiro atoms. The molecule has 1 aliphatic rings. The molecule has 192 valence electrons. The molecule has 5 rings (SSSR count). The number of sulfonamides is 1. The molecule has 37 heavy (non-hydrogen) atoms. The molecule has 0 atom stereocenters. The Kier molecular flexibility index (Phi) is 7.90. The fraction of sp³-hybridized carbons (Fsp3) is 0.250. The molecule has 0 aliphatic carbocycles. The number of amides is 1. The molecule has 3 aromatic carbocycles. The fourth-order valence-corrected chi connectivity index (χ4v) is 7.24. The van der Waals surface area contributed by atoms with E-state index in [-0.39, 0.29) is 10.8 Å². The van der Waals surface area contributed by atoms with Crippen LogP contribution in [0.1, 0.15) is 29.6 Å². The van der Waals surface area contributed by atoms with Crippen LogP contribution >= 0.6 is 23.4 Å². The number of hydrogen-bond acceptors (Lipinski definition) is 4. The maximum atomic E-state index is 12.8. The molecule has 4 aromatic rings. The summed E-state index contributed by atoms with van der Waals surface area (Å²) in [4.78, 5) is 17.6. The number of halogens is 1. The molecule has 1 amide bonds. The van der Waals surface area contributed by atoms with E-state index >= 15 is 0 Å². The number of fused-ring (bicyclic) bond motifs is 1. The summed E-state index contributed by atoms with van der Waals surface area (Å²) >= 11 is 7.76. The number of aromatic nitrogens is 1. The Morgan fingerprint density at radius 1 is 0.946 bits per heavy atom. The molecule has 1 fully saturated rings. The molecule has 1 saturated heterocycles. The zero-order chi connectivity index (χ0) is 25.8. The van der Waals surface area contributed by atoms with Crippen molar-refractivity contribution in [2.45, 2.75) is 29.1 Å². The van der Waals surface area contributed by atoms with Crippen molar-refractivity contribution in [1.82, 2.24) is 14.6 Å². The summed E-state index contributed by atoms with van der Waals surface area (Å²) in [6, 6.07) is 22.1. The summed E-state index contributed by atoms with van der Waals surface area (Å²) in [6.45, 7) is 1.58. The van der Waals surface area contributed by atoms with Crippen LogP contribution in [0.2, 0.25) is 5.02 Å². The van der Waals surface area contributed by atoms with Crippen molar-refractivity contribution in [2.75, 3.05) is 25.4 Å². The summed E-state index contributed by atoms with van der Waals surface area (Å²) in [5, 5.41) is 4.77. The van der Waals surface area contributed by atoms with E-state index in [2.05, 4.69) is 22.4 Å². The maximum absolute atomic E-state index is 12.8. The van der Waals surface area contributed by atoms with Crippen molar-refractivity contribution in [3.63, 3.8) is 0 Å². The SMILES string of the molecule is O=C(NCCSc1c(-c2ccc(Cl)cc2)[nH]c2ccccc12)c1ccc(S(=O)(=O)N2CCCCC2)cc1. The van der Waals surface area contributed by atoms with E-state index in [0.717, 1.165) is 46.3 Å². The van der Waals surface area contributed by atoms with Crippen LogP contribution in [0.5, 0.6) is 0 Å². The number of benzene rings is 3. The van der Waals surface area contributed by atoms with Crippen LogP contribution in [0.25, 0.3) is 22.2 Å². The van der Waals surface area contributed by atoms with E-state index < -0.39 is 10.0 Å². The number of para-hydroxylation sites is 1. The molecule has 0 bridgehead atoms. The second-order valence-electron chi connectivity index (χ2n) is 8.98. The van der Waals surface area contributed by atoms with Gasteiger partial charge in [0, 0.05) is 51.8 Å². The number of carbonyl (C=O) groups is 1. The molecule has 9 heteroatoms. The minimum Gasteiger partial charge on any atom is -0.354 e. The summed E-state index contributed by atoms with van der Waals surface area (Å²) in [5.41, 5.74) is 3.57. The Labute approximate surface area is 226 Å². The van der Waals surface area contributed by atoms with Crippen LogP contribution < -0.4 is 5.32 Å². The first-order valence-electron chi connectivity index (χ1n) is 12.3. The van der Waals surface area contributed by atoms with Crippen molar-refractivity contribution in [2.24, 2.45) is 0 Å². The highest BCUT2D eigenvalue weighted by Crippen LogP contribution is 2.37. The van der Waals surface area contributed by atoms with E-state index in [1.54, 1.807) is 23.9 Å². The van der Waals surface area contributed by atoms with Crippen LogP contribution in [0.4, 0.5) is 0 Å². The number of aromatic amines is 1. The second kappa shape index (κ2) is 11.3. The highest BCUT2D eigenvalue weighted by Gasteiger charge is 2.26. The highest BCUT2D eigenvalue weighted by molar-refractivity contribution is 7.99. The summed E-state index contributed by atoms with van der Waals surface area (Å²) in [7, 11) is -3.51. The van der Waals surface area contributed by atoms with Gasteiger partial charge in [-0.15, -0.1) is 11.8 Å². The van der Waals surface area contributed by atoms with Crippen LogP contribution in [-0.4, -0.2) is 49.0 Å². The van der Waals surface area contributed by atoms with Gasteiger partial charge in [0.25, 0.3) is 5.91 Å². The Morgan fingerprint density at radius 2 is 1.65 bits per heavy atom. The molecule has 6 nitrogen and oxygen atoms in total. The first kappa shape index (κ1) is 25.9. The number of nitrogens with zero attached hydrogens (tertiary/aromatic N) is 1. The lowest BCUT2D eigenvalue weighted by Gasteiger charge is -2.25. The largest absolute Gasteiger partial charge is 0.354 e. The predicted molar refractivity (Wildman–Crippen MR) is 151 cm³/mol. The second-order valence-corrected chi connectivity index (χ2v) is 12.5. The van der Waals surface area contributed by atoms with Crippen molar-refractivity contribution in [3.05, 3.63) is 83.4 Å². The van der Waals surface area contributed by atoms with Gasteiger partial charge in [0.1, 0.15) is 0 Å². The number of carbonyl (C=O) groups excluding carboxylic acids is 1. The smallest absolute Gasteiger partial charge is 0.251 e. The van der Waals surface area contributed by atoms with Gasteiger partial charge in [-0.25, -0.2) is 8.42 Å². The van der Waals surface area contributed by atoms with Gasteiger partial charge in [-0.3, -0.25) is 4.79 Å². The number of H-pyrrole nitrogens is 1. The number of hydrogen-bond donors (Lipinski definition) is 2. The van der Waals surface area contributed by atoms with Gasteiger partial charge in [-0.2, -0.15) is 4.31 Å². The minimum absolute atomic E-state index is 0.223. The topological polar surface area (TPSA) is 82.3 Å². The van der Waals surface area contributed by atoms with Crippen molar-refractivity contribution in [1.29, 1.82) is 0 Å². The number of piperidine rings is 1. The van der Waals surface area contributed by atoms with Gasteiger partial charge in [-0.1, -0.05) is 48.4 Å². The first-order valence-corrected chi connectivity index (χ1v) is 15.1. The minimum atomic E-state index is -3.51. The van der Waals surface area contributed by atoms with E-state index in [9.17, 15) is 13.2 Å². The standard InChI is InChI=1S/C28H28ClN3O3S2/c29-22-12-8-20(9-13-22)26-27(24-6-2-3-7-25(24)31-26)36-19-16-30-28(33)21-10-14-23(15-11-21)37(34,35)32-17-4-1-5-18-32/h2-3,6-15,31H,1,4-5,16-19H2,(H,30,33). The van der Waals surface area contributed by atoms with Crippen LogP contribution in [0.3, 0.4) is 0 Å². The van der Waals surface area contributed by atoms with E-state index in [1.165, 1.54) is 16.4 Å². The Balaban J connectivity index is 1.22. The third kappa shape index (κ3) is 5.72. The molecule has 1 aliphatic heterocycles. The van der Waals surface area contributed by atoms with Gasteiger partial charge in [0.2, 0.25) is 10.0 Å². The van der Waals surface area contributed by atoms with Crippen LogP contribution in [0.15, 0.2) is 82.6 Å². The summed E-state index contributed by atoms with van der Waals surface area (Å²) in [6.07, 6.45) is 2.83. The van der Waals surface area contributed by atoms with E-state index in [4.69, 9.17) is 11.6 Å².